The van der Waals surface area contributed by atoms with Crippen molar-refractivity contribution in [2.75, 3.05) is 13.7 Å². The van der Waals surface area contributed by atoms with Crippen molar-refractivity contribution in [1.29, 1.82) is 0 Å². The summed E-state index contributed by atoms with van der Waals surface area (Å²) in [5.74, 6) is 0.861. The fourth-order valence-electron chi connectivity index (χ4n) is 2.03. The molecule has 1 aliphatic heterocycles. The Bertz CT molecular complexity index is 307. The van der Waals surface area contributed by atoms with Crippen LogP contribution in [0.1, 0.15) is 31.5 Å². The third-order valence-electron chi connectivity index (χ3n) is 2.86. The van der Waals surface area contributed by atoms with Crippen LogP contribution in [0, 0.1) is 0 Å². The Morgan fingerprint density at radius 1 is 1.62 bits per heavy atom. The Morgan fingerprint density at radius 3 is 3.31 bits per heavy atom. The molecule has 2 heterocycles. The molecular weight excluding hydrogens is 204 g/mol. The fraction of sp³-hybridized carbons (Fsp3) is 0.818. The van der Waals surface area contributed by atoms with Crippen molar-refractivity contribution in [3.8, 4) is 0 Å². The normalized spacial score (nSPS) is 20.4. The first-order valence-electron chi connectivity index (χ1n) is 6.03. The van der Waals surface area contributed by atoms with Crippen molar-refractivity contribution in [3.63, 3.8) is 0 Å². The molecule has 1 aromatic rings. The maximum Gasteiger partial charge on any atom is 0.164 e. The van der Waals surface area contributed by atoms with Gasteiger partial charge in [-0.15, -0.1) is 0 Å². The highest BCUT2D eigenvalue weighted by molar-refractivity contribution is 4.80. The maximum absolute atomic E-state index is 5.58. The van der Waals surface area contributed by atoms with Crippen LogP contribution in [0.2, 0.25) is 0 Å². The van der Waals surface area contributed by atoms with Gasteiger partial charge in [-0.05, 0) is 32.7 Å². The van der Waals surface area contributed by atoms with E-state index >= 15 is 0 Å². The van der Waals surface area contributed by atoms with Gasteiger partial charge in [0.2, 0.25) is 0 Å². The molecule has 0 amide bonds. The first-order chi connectivity index (χ1) is 7.88. The van der Waals surface area contributed by atoms with Crippen LogP contribution in [-0.4, -0.2) is 34.5 Å². The average molecular weight is 224 g/mol. The van der Waals surface area contributed by atoms with E-state index in [0.29, 0.717) is 6.10 Å². The zero-order valence-corrected chi connectivity index (χ0v) is 9.85. The second-order valence-corrected chi connectivity index (χ2v) is 4.23. The minimum absolute atomic E-state index is 0.486. The molecule has 1 aliphatic rings. The van der Waals surface area contributed by atoms with E-state index in [1.807, 2.05) is 18.1 Å². The topological polar surface area (TPSA) is 52.0 Å². The third kappa shape index (κ3) is 3.28. The molecule has 2 rings (SSSR count). The quantitative estimate of drug-likeness (QED) is 0.782. The number of aromatic nitrogens is 3. The summed E-state index contributed by atoms with van der Waals surface area (Å²) in [6.45, 7) is 2.62. The Morgan fingerprint density at radius 2 is 2.56 bits per heavy atom. The summed E-state index contributed by atoms with van der Waals surface area (Å²) in [5, 5.41) is 7.41. The predicted octanol–water partition coefficient (Wildman–Crippen LogP) is 0.957. The van der Waals surface area contributed by atoms with Crippen molar-refractivity contribution in [2.45, 2.75) is 44.9 Å². The van der Waals surface area contributed by atoms with E-state index in [0.717, 1.165) is 38.4 Å². The molecule has 5 heteroatoms. The number of nitrogens with zero attached hydrogens (tertiary/aromatic N) is 3. The molecule has 90 valence electrons. The van der Waals surface area contributed by atoms with Crippen molar-refractivity contribution >= 4 is 0 Å². The zero-order valence-electron chi connectivity index (χ0n) is 9.85. The molecule has 0 aromatic carbocycles. The zero-order chi connectivity index (χ0) is 11.2. The van der Waals surface area contributed by atoms with Crippen LogP contribution in [0.15, 0.2) is 6.33 Å². The summed E-state index contributed by atoms with van der Waals surface area (Å²) in [6.07, 6.45) is 7.00. The minimum Gasteiger partial charge on any atom is -0.378 e. The van der Waals surface area contributed by atoms with Gasteiger partial charge in [0.1, 0.15) is 6.33 Å². The van der Waals surface area contributed by atoms with Crippen molar-refractivity contribution in [3.05, 3.63) is 12.2 Å². The van der Waals surface area contributed by atoms with Gasteiger partial charge in [0.25, 0.3) is 0 Å². The number of hydrogen-bond acceptors (Lipinski definition) is 4. The van der Waals surface area contributed by atoms with Crippen LogP contribution in [0.25, 0.3) is 0 Å². The van der Waals surface area contributed by atoms with Crippen molar-refractivity contribution in [2.24, 2.45) is 0 Å². The van der Waals surface area contributed by atoms with E-state index in [1.165, 1.54) is 12.8 Å². The number of aryl methyl sites for hydroxylation is 1. The van der Waals surface area contributed by atoms with Gasteiger partial charge < -0.3 is 10.1 Å². The summed E-state index contributed by atoms with van der Waals surface area (Å²) >= 11 is 0. The van der Waals surface area contributed by atoms with E-state index in [2.05, 4.69) is 15.4 Å². The molecule has 1 fully saturated rings. The molecule has 0 aliphatic carbocycles. The molecule has 1 unspecified atom stereocenters. The van der Waals surface area contributed by atoms with Gasteiger partial charge in [-0.2, -0.15) is 5.10 Å². The lowest BCUT2D eigenvalue weighted by atomic mass is 10.1. The highest BCUT2D eigenvalue weighted by Gasteiger charge is 2.14. The first-order valence-corrected chi connectivity index (χ1v) is 6.03. The summed E-state index contributed by atoms with van der Waals surface area (Å²) in [7, 11) is 1.90. The lowest BCUT2D eigenvalue weighted by molar-refractivity contribution is 0.101. The van der Waals surface area contributed by atoms with Crippen LogP contribution in [0.5, 0.6) is 0 Å². The Hall–Kier alpha value is -0.940. The van der Waals surface area contributed by atoms with E-state index in [1.54, 1.807) is 0 Å². The molecule has 16 heavy (non-hydrogen) atoms. The Kier molecular flexibility index (Phi) is 4.30. The SMILES string of the molecule is CNCc1ncn(CCCC2CCCO2)n1. The second-order valence-electron chi connectivity index (χ2n) is 4.23. The van der Waals surface area contributed by atoms with Crippen LogP contribution in [0.3, 0.4) is 0 Å². The lowest BCUT2D eigenvalue weighted by Crippen LogP contribution is -2.09. The molecule has 0 spiro atoms. The molecule has 5 nitrogen and oxygen atoms in total. The molecule has 1 atom stereocenters. The highest BCUT2D eigenvalue weighted by Crippen LogP contribution is 2.16. The number of hydrogen-bond donors (Lipinski definition) is 1. The van der Waals surface area contributed by atoms with Crippen LogP contribution < -0.4 is 5.32 Å². The van der Waals surface area contributed by atoms with Gasteiger partial charge in [-0.25, -0.2) is 4.98 Å². The van der Waals surface area contributed by atoms with E-state index in [-0.39, 0.29) is 0 Å². The highest BCUT2D eigenvalue weighted by atomic mass is 16.5. The summed E-state index contributed by atoms with van der Waals surface area (Å²) in [6, 6.07) is 0. The van der Waals surface area contributed by atoms with Gasteiger partial charge in [0, 0.05) is 13.2 Å². The Labute approximate surface area is 96.2 Å². The van der Waals surface area contributed by atoms with E-state index < -0.39 is 0 Å². The van der Waals surface area contributed by atoms with Gasteiger partial charge in [-0.1, -0.05) is 0 Å². The maximum atomic E-state index is 5.58. The van der Waals surface area contributed by atoms with Crippen LogP contribution in [0.4, 0.5) is 0 Å². The summed E-state index contributed by atoms with van der Waals surface area (Å²) in [4.78, 5) is 4.21. The van der Waals surface area contributed by atoms with Crippen LogP contribution >= 0.6 is 0 Å². The van der Waals surface area contributed by atoms with Crippen LogP contribution in [-0.2, 0) is 17.8 Å². The number of ether oxygens (including phenoxy) is 1. The fourth-order valence-corrected chi connectivity index (χ4v) is 2.03. The molecule has 0 radical (unpaired) electrons. The molecule has 1 aromatic heterocycles. The number of nitrogens with one attached hydrogen (secondary N) is 1. The number of rotatable bonds is 6. The van der Waals surface area contributed by atoms with Gasteiger partial charge in [0.05, 0.1) is 12.6 Å². The smallest absolute Gasteiger partial charge is 0.164 e. The van der Waals surface area contributed by atoms with Gasteiger partial charge >= 0.3 is 0 Å². The van der Waals surface area contributed by atoms with Crippen molar-refractivity contribution < 1.29 is 4.74 Å². The largest absolute Gasteiger partial charge is 0.378 e. The summed E-state index contributed by atoms with van der Waals surface area (Å²) < 4.78 is 7.50. The van der Waals surface area contributed by atoms with E-state index in [9.17, 15) is 0 Å². The van der Waals surface area contributed by atoms with E-state index in [4.69, 9.17) is 4.74 Å². The van der Waals surface area contributed by atoms with Gasteiger partial charge in [-0.3, -0.25) is 4.68 Å². The van der Waals surface area contributed by atoms with Crippen molar-refractivity contribution in [1.82, 2.24) is 20.1 Å². The lowest BCUT2D eigenvalue weighted by Gasteiger charge is -2.08. The first kappa shape index (κ1) is 11.5. The molecule has 0 bridgehead atoms. The predicted molar refractivity (Wildman–Crippen MR) is 61.0 cm³/mol. The minimum atomic E-state index is 0.486. The van der Waals surface area contributed by atoms with Gasteiger partial charge in [0.15, 0.2) is 5.82 Å². The summed E-state index contributed by atoms with van der Waals surface area (Å²) in [5.41, 5.74) is 0. The molecule has 1 saturated heterocycles. The molecule has 0 saturated carbocycles. The molecule has 1 N–H and O–H groups in total. The Balaban J connectivity index is 1.67. The monoisotopic (exact) mass is 224 g/mol. The third-order valence-corrected chi connectivity index (χ3v) is 2.86. The molecular formula is C11H20N4O. The standard InChI is InChI=1S/C11H20N4O/c1-12-8-11-13-9-15(14-11)6-2-4-10-5-3-7-16-10/h9-10,12H,2-8H2,1H3. The second kappa shape index (κ2) is 5.96. The average Bonchev–Trinajstić information content (AvgIpc) is 2.90.